The molecule has 0 atom stereocenters. The van der Waals surface area contributed by atoms with E-state index >= 15 is 0 Å². The van der Waals surface area contributed by atoms with Crippen LogP contribution < -0.4 is 0 Å². The van der Waals surface area contributed by atoms with Gasteiger partial charge in [0.15, 0.2) is 5.13 Å². The zero-order valence-electron chi connectivity index (χ0n) is 12.3. The smallest absolute Gasteiger partial charge is 0.193 e. The number of nitrogens with zero attached hydrogens (tertiary/aromatic N) is 3. The van der Waals surface area contributed by atoms with Crippen molar-refractivity contribution < 1.29 is 5.11 Å². The average Bonchev–Trinajstić information content (AvgIpc) is 3.19. The number of aliphatic hydroxyl groups excluding tert-OH is 1. The van der Waals surface area contributed by atoms with E-state index in [0.717, 1.165) is 18.2 Å². The Morgan fingerprint density at radius 3 is 2.68 bits per heavy atom. The fraction of sp³-hybridized carbons (Fsp3) is 0.235. The first-order chi connectivity index (χ1) is 10.9. The van der Waals surface area contributed by atoms with Crippen molar-refractivity contribution in [1.82, 2.24) is 14.5 Å². The van der Waals surface area contributed by atoms with E-state index in [-0.39, 0.29) is 6.61 Å². The number of rotatable bonds is 7. The number of aromatic nitrogens is 2. The molecule has 0 radical (unpaired) electrons. The van der Waals surface area contributed by atoms with Gasteiger partial charge in [-0.3, -0.25) is 9.47 Å². The van der Waals surface area contributed by atoms with Gasteiger partial charge in [-0.1, -0.05) is 30.3 Å². The first-order valence-corrected chi connectivity index (χ1v) is 8.18. The number of hydrogen-bond donors (Lipinski definition) is 1. The highest BCUT2D eigenvalue weighted by molar-refractivity contribution is 7.12. The lowest BCUT2D eigenvalue weighted by molar-refractivity contribution is 0.182. The van der Waals surface area contributed by atoms with E-state index in [2.05, 4.69) is 32.7 Å². The summed E-state index contributed by atoms with van der Waals surface area (Å²) in [5, 5.41) is 12.3. The van der Waals surface area contributed by atoms with Crippen LogP contribution >= 0.6 is 11.3 Å². The van der Waals surface area contributed by atoms with Crippen molar-refractivity contribution in [3.63, 3.8) is 0 Å². The molecule has 5 heteroatoms. The molecule has 3 rings (SSSR count). The molecule has 22 heavy (non-hydrogen) atoms. The molecule has 2 aromatic heterocycles. The lowest BCUT2D eigenvalue weighted by atomic mass is 10.2. The Kier molecular flexibility index (Phi) is 5.00. The summed E-state index contributed by atoms with van der Waals surface area (Å²) in [6.07, 6.45) is 3.85. The second-order valence-corrected chi connectivity index (χ2v) is 5.98. The van der Waals surface area contributed by atoms with E-state index in [1.165, 1.54) is 11.3 Å². The van der Waals surface area contributed by atoms with Crippen molar-refractivity contribution in [2.24, 2.45) is 0 Å². The predicted molar refractivity (Wildman–Crippen MR) is 89.1 cm³/mol. The Balaban J connectivity index is 1.76. The van der Waals surface area contributed by atoms with E-state index in [4.69, 9.17) is 0 Å². The highest BCUT2D eigenvalue weighted by atomic mass is 32.1. The molecule has 0 saturated carbocycles. The minimum Gasteiger partial charge on any atom is -0.395 e. The van der Waals surface area contributed by atoms with Crippen molar-refractivity contribution >= 4 is 11.3 Å². The topological polar surface area (TPSA) is 41.3 Å². The number of thiazole rings is 1. The van der Waals surface area contributed by atoms with Gasteiger partial charge in [-0.15, -0.1) is 11.3 Å². The third kappa shape index (κ3) is 3.62. The zero-order chi connectivity index (χ0) is 15.2. The molecule has 1 N–H and O–H groups in total. The summed E-state index contributed by atoms with van der Waals surface area (Å²) in [6, 6.07) is 14.5. The van der Waals surface area contributed by atoms with Gasteiger partial charge in [-0.25, -0.2) is 4.98 Å². The number of hydrogen-bond acceptors (Lipinski definition) is 4. The molecule has 0 spiro atoms. The van der Waals surface area contributed by atoms with Crippen LogP contribution in [0.1, 0.15) is 11.3 Å². The quantitative estimate of drug-likeness (QED) is 0.729. The Morgan fingerprint density at radius 2 is 1.95 bits per heavy atom. The van der Waals surface area contributed by atoms with Gasteiger partial charge >= 0.3 is 0 Å². The average molecular weight is 313 g/mol. The molecule has 1 aromatic carbocycles. The Morgan fingerprint density at radius 1 is 1.09 bits per heavy atom. The molecule has 2 heterocycles. The zero-order valence-corrected chi connectivity index (χ0v) is 13.1. The molecule has 0 aliphatic heterocycles. The minimum atomic E-state index is 0.158. The number of aliphatic hydroxyl groups is 1. The largest absolute Gasteiger partial charge is 0.395 e. The van der Waals surface area contributed by atoms with Crippen LogP contribution in [-0.2, 0) is 13.1 Å². The van der Waals surface area contributed by atoms with Crippen LogP contribution in [0.25, 0.3) is 5.13 Å². The summed E-state index contributed by atoms with van der Waals surface area (Å²) in [4.78, 5) is 6.62. The monoisotopic (exact) mass is 313 g/mol. The van der Waals surface area contributed by atoms with Gasteiger partial charge in [0.25, 0.3) is 0 Å². The second kappa shape index (κ2) is 7.35. The van der Waals surface area contributed by atoms with Gasteiger partial charge in [0, 0.05) is 43.1 Å². The molecular formula is C17H19N3OS. The van der Waals surface area contributed by atoms with Crippen molar-refractivity contribution in [2.75, 3.05) is 13.2 Å². The van der Waals surface area contributed by atoms with E-state index in [1.807, 2.05) is 42.0 Å². The Bertz CT molecular complexity index is 679. The third-order valence-corrected chi connectivity index (χ3v) is 4.28. The van der Waals surface area contributed by atoms with Crippen LogP contribution in [0.5, 0.6) is 0 Å². The highest BCUT2D eigenvalue weighted by Gasteiger charge is 2.11. The van der Waals surface area contributed by atoms with Gasteiger partial charge in [-0.05, 0) is 17.7 Å². The van der Waals surface area contributed by atoms with Crippen LogP contribution in [0.4, 0.5) is 0 Å². The highest BCUT2D eigenvalue weighted by Crippen LogP contribution is 2.17. The molecule has 0 unspecified atom stereocenters. The minimum absolute atomic E-state index is 0.158. The van der Waals surface area contributed by atoms with Crippen molar-refractivity contribution in [2.45, 2.75) is 13.1 Å². The first-order valence-electron chi connectivity index (χ1n) is 7.30. The standard InChI is InChI=1S/C17H19N3OS/c21-11-10-19(13-15-5-2-1-3-6-15)14-16-7-4-9-20(16)17-18-8-12-22-17/h1-9,12,21H,10-11,13-14H2. The summed E-state index contributed by atoms with van der Waals surface area (Å²) in [6.45, 7) is 2.41. The Labute approximate surface area is 134 Å². The molecule has 0 aliphatic rings. The fourth-order valence-corrected chi connectivity index (χ4v) is 3.15. The normalized spacial score (nSPS) is 11.2. The summed E-state index contributed by atoms with van der Waals surface area (Å²) >= 11 is 1.62. The van der Waals surface area contributed by atoms with E-state index < -0.39 is 0 Å². The van der Waals surface area contributed by atoms with Gasteiger partial charge in [0.1, 0.15) is 0 Å². The molecule has 4 nitrogen and oxygen atoms in total. The SMILES string of the molecule is OCCN(Cc1ccccc1)Cc1cccn1-c1nccs1. The van der Waals surface area contributed by atoms with E-state index in [1.54, 1.807) is 11.3 Å². The molecule has 0 aliphatic carbocycles. The van der Waals surface area contributed by atoms with Gasteiger partial charge in [0.05, 0.1) is 6.61 Å². The molecular weight excluding hydrogens is 294 g/mol. The molecule has 0 saturated heterocycles. The summed E-state index contributed by atoms with van der Waals surface area (Å²) in [5.74, 6) is 0. The lowest BCUT2D eigenvalue weighted by Crippen LogP contribution is -2.27. The van der Waals surface area contributed by atoms with Crippen molar-refractivity contribution in [3.8, 4) is 5.13 Å². The second-order valence-electron chi connectivity index (χ2n) is 5.10. The van der Waals surface area contributed by atoms with Crippen LogP contribution in [0.3, 0.4) is 0 Å². The summed E-state index contributed by atoms with van der Waals surface area (Å²) in [7, 11) is 0. The van der Waals surface area contributed by atoms with Crippen LogP contribution in [-0.4, -0.2) is 32.7 Å². The molecule has 0 amide bonds. The van der Waals surface area contributed by atoms with Gasteiger partial charge < -0.3 is 5.11 Å². The lowest BCUT2D eigenvalue weighted by Gasteiger charge is -2.22. The van der Waals surface area contributed by atoms with Crippen molar-refractivity contribution in [1.29, 1.82) is 0 Å². The summed E-state index contributed by atoms with van der Waals surface area (Å²) in [5.41, 5.74) is 2.43. The Hall–Kier alpha value is -1.95. The maximum absolute atomic E-state index is 9.34. The van der Waals surface area contributed by atoms with Gasteiger partial charge in [0.2, 0.25) is 0 Å². The van der Waals surface area contributed by atoms with Gasteiger partial charge in [-0.2, -0.15) is 0 Å². The molecule has 114 valence electrons. The molecule has 0 bridgehead atoms. The number of benzene rings is 1. The molecule has 0 fully saturated rings. The van der Waals surface area contributed by atoms with E-state index in [0.29, 0.717) is 6.54 Å². The predicted octanol–water partition coefficient (Wildman–Crippen LogP) is 2.93. The van der Waals surface area contributed by atoms with Crippen LogP contribution in [0.15, 0.2) is 60.2 Å². The van der Waals surface area contributed by atoms with Crippen LogP contribution in [0, 0.1) is 0 Å². The maximum Gasteiger partial charge on any atom is 0.193 e. The van der Waals surface area contributed by atoms with E-state index in [9.17, 15) is 5.11 Å². The maximum atomic E-state index is 9.34. The van der Waals surface area contributed by atoms with Crippen molar-refractivity contribution in [3.05, 3.63) is 71.5 Å². The third-order valence-electron chi connectivity index (χ3n) is 3.51. The fourth-order valence-electron chi connectivity index (χ4n) is 2.49. The summed E-state index contributed by atoms with van der Waals surface area (Å²) < 4.78 is 2.11. The molecule has 3 aromatic rings. The van der Waals surface area contributed by atoms with Crippen LogP contribution in [0.2, 0.25) is 0 Å². The first kappa shape index (κ1) is 15.0.